The number of aromatic nitrogens is 1. The molecule has 2 rings (SSSR count). The number of aryl methyl sites for hydroxylation is 2. The van der Waals surface area contributed by atoms with Crippen molar-refractivity contribution in [3.05, 3.63) is 58.9 Å². The summed E-state index contributed by atoms with van der Waals surface area (Å²) in [5.74, 6) is 0.920. The summed E-state index contributed by atoms with van der Waals surface area (Å²) in [7, 11) is 3.69. The maximum absolute atomic E-state index is 5.49. The Morgan fingerprint density at radius 2 is 2.05 bits per heavy atom. The monoisotopic (exact) mass is 270 g/mol. The normalized spacial score (nSPS) is 12.2. The lowest BCUT2D eigenvalue weighted by atomic mass is 9.97. The molecule has 1 aromatic carbocycles. The highest BCUT2D eigenvalue weighted by Gasteiger charge is 2.16. The Labute approximate surface area is 121 Å². The molecule has 1 atom stereocenters. The van der Waals surface area contributed by atoms with Crippen molar-refractivity contribution in [2.24, 2.45) is 0 Å². The van der Waals surface area contributed by atoms with E-state index in [0.717, 1.165) is 17.9 Å². The molecule has 3 nitrogen and oxygen atoms in total. The van der Waals surface area contributed by atoms with E-state index in [4.69, 9.17) is 4.74 Å². The topological polar surface area (TPSA) is 34.2 Å². The Morgan fingerprint density at radius 1 is 1.25 bits per heavy atom. The summed E-state index contributed by atoms with van der Waals surface area (Å²) in [6.07, 6.45) is 2.70. The number of ether oxygens (including phenoxy) is 1. The maximum atomic E-state index is 5.49. The lowest BCUT2D eigenvalue weighted by molar-refractivity contribution is 0.400. The molecule has 3 heteroatoms. The zero-order valence-electron chi connectivity index (χ0n) is 12.6. The van der Waals surface area contributed by atoms with Crippen molar-refractivity contribution in [2.45, 2.75) is 26.3 Å². The molecule has 0 bridgehead atoms. The van der Waals surface area contributed by atoms with E-state index in [0.29, 0.717) is 0 Å². The first kappa shape index (κ1) is 14.5. The quantitative estimate of drug-likeness (QED) is 0.906. The molecular weight excluding hydrogens is 248 g/mol. The number of pyridine rings is 1. The molecule has 1 unspecified atom stereocenters. The molecule has 0 saturated heterocycles. The van der Waals surface area contributed by atoms with E-state index in [-0.39, 0.29) is 6.04 Å². The van der Waals surface area contributed by atoms with Crippen LogP contribution in [0.1, 0.15) is 28.4 Å². The van der Waals surface area contributed by atoms with Gasteiger partial charge in [-0.1, -0.05) is 23.8 Å². The molecule has 0 fully saturated rings. The van der Waals surface area contributed by atoms with Crippen molar-refractivity contribution in [1.82, 2.24) is 10.3 Å². The number of methoxy groups -OCH3 is 1. The Bertz CT molecular complexity index is 581. The van der Waals surface area contributed by atoms with Gasteiger partial charge >= 0.3 is 0 Å². The van der Waals surface area contributed by atoms with Gasteiger partial charge in [0.05, 0.1) is 7.11 Å². The fourth-order valence-electron chi connectivity index (χ4n) is 2.42. The van der Waals surface area contributed by atoms with E-state index in [1.54, 1.807) is 7.11 Å². The molecule has 0 saturated carbocycles. The van der Waals surface area contributed by atoms with Crippen LogP contribution >= 0.6 is 0 Å². The van der Waals surface area contributed by atoms with Gasteiger partial charge in [-0.05, 0) is 38.6 Å². The molecule has 0 spiro atoms. The van der Waals surface area contributed by atoms with Gasteiger partial charge in [0.25, 0.3) is 0 Å². The van der Waals surface area contributed by atoms with Crippen LogP contribution in [0.2, 0.25) is 0 Å². The van der Waals surface area contributed by atoms with E-state index in [1.165, 1.54) is 16.7 Å². The Balaban J connectivity index is 2.33. The number of likely N-dealkylation sites (N-methyl/N-ethyl adjacent to an activating group) is 1. The molecule has 20 heavy (non-hydrogen) atoms. The summed E-state index contributed by atoms with van der Waals surface area (Å²) in [5.41, 5.74) is 4.76. The van der Waals surface area contributed by atoms with Gasteiger partial charge < -0.3 is 10.1 Å². The third-order valence-corrected chi connectivity index (χ3v) is 3.62. The molecular formula is C17H22N2O. The summed E-state index contributed by atoms with van der Waals surface area (Å²) in [6, 6.07) is 10.5. The average Bonchev–Trinajstić information content (AvgIpc) is 2.46. The van der Waals surface area contributed by atoms with Gasteiger partial charge in [0, 0.05) is 29.9 Å². The van der Waals surface area contributed by atoms with E-state index < -0.39 is 0 Å². The molecule has 1 N–H and O–H groups in total. The van der Waals surface area contributed by atoms with Crippen molar-refractivity contribution < 1.29 is 4.74 Å². The van der Waals surface area contributed by atoms with E-state index in [9.17, 15) is 0 Å². The first-order chi connectivity index (χ1) is 9.65. The van der Waals surface area contributed by atoms with Crippen LogP contribution in [0.5, 0.6) is 5.75 Å². The van der Waals surface area contributed by atoms with Crippen molar-refractivity contribution in [3.63, 3.8) is 0 Å². The minimum absolute atomic E-state index is 0.193. The lowest BCUT2D eigenvalue weighted by Crippen LogP contribution is -2.20. The smallest absolute Gasteiger partial charge is 0.123 e. The van der Waals surface area contributed by atoms with E-state index in [1.807, 2.05) is 25.4 Å². The lowest BCUT2D eigenvalue weighted by Gasteiger charge is -2.20. The number of nitrogens with zero attached hydrogens (tertiary/aromatic N) is 1. The van der Waals surface area contributed by atoms with Crippen molar-refractivity contribution in [3.8, 4) is 5.75 Å². The van der Waals surface area contributed by atoms with Gasteiger partial charge in [-0.15, -0.1) is 0 Å². The first-order valence-corrected chi connectivity index (χ1v) is 6.88. The third kappa shape index (κ3) is 3.17. The molecule has 0 aliphatic heterocycles. The number of hydrogen-bond donors (Lipinski definition) is 1. The van der Waals surface area contributed by atoms with Gasteiger partial charge in [-0.2, -0.15) is 0 Å². The average molecular weight is 270 g/mol. The van der Waals surface area contributed by atoms with Gasteiger partial charge in [-0.3, -0.25) is 4.98 Å². The van der Waals surface area contributed by atoms with Crippen LogP contribution in [0.25, 0.3) is 0 Å². The Hall–Kier alpha value is -1.87. The van der Waals surface area contributed by atoms with Gasteiger partial charge in [-0.25, -0.2) is 0 Å². The fourth-order valence-corrected chi connectivity index (χ4v) is 2.42. The molecule has 1 aromatic heterocycles. The standard InChI is InChI=1S/C17H22N2O/c1-12-7-8-17(20-4)14(10-12)16(18-3)11-15-13(2)6-5-9-19-15/h5-10,16,18H,11H2,1-4H3. The second-order valence-corrected chi connectivity index (χ2v) is 5.06. The number of hydrogen-bond acceptors (Lipinski definition) is 3. The minimum atomic E-state index is 0.193. The number of benzene rings is 1. The van der Waals surface area contributed by atoms with Crippen LogP contribution in [0.4, 0.5) is 0 Å². The largest absolute Gasteiger partial charge is 0.496 e. The van der Waals surface area contributed by atoms with Crippen molar-refractivity contribution in [2.75, 3.05) is 14.2 Å². The zero-order chi connectivity index (χ0) is 14.5. The molecule has 0 radical (unpaired) electrons. The molecule has 0 aliphatic rings. The van der Waals surface area contributed by atoms with Crippen LogP contribution < -0.4 is 10.1 Å². The number of nitrogens with one attached hydrogen (secondary N) is 1. The summed E-state index contributed by atoms with van der Waals surface area (Å²) in [6.45, 7) is 4.20. The second-order valence-electron chi connectivity index (χ2n) is 5.06. The van der Waals surface area contributed by atoms with E-state index in [2.05, 4.69) is 42.3 Å². The molecule has 0 aliphatic carbocycles. The Morgan fingerprint density at radius 3 is 2.70 bits per heavy atom. The summed E-state index contributed by atoms with van der Waals surface area (Å²) >= 11 is 0. The number of rotatable bonds is 5. The molecule has 0 amide bonds. The van der Waals surface area contributed by atoms with Gasteiger partial charge in [0.1, 0.15) is 5.75 Å². The predicted molar refractivity (Wildman–Crippen MR) is 82.2 cm³/mol. The third-order valence-electron chi connectivity index (χ3n) is 3.62. The Kier molecular flexibility index (Phi) is 4.74. The molecule has 1 heterocycles. The highest BCUT2D eigenvalue weighted by Crippen LogP contribution is 2.28. The predicted octanol–water partition coefficient (Wildman–Crippen LogP) is 3.21. The van der Waals surface area contributed by atoms with Crippen LogP contribution in [0, 0.1) is 13.8 Å². The second kappa shape index (κ2) is 6.53. The van der Waals surface area contributed by atoms with Crippen LogP contribution in [-0.4, -0.2) is 19.1 Å². The van der Waals surface area contributed by atoms with Gasteiger partial charge in [0.15, 0.2) is 0 Å². The first-order valence-electron chi connectivity index (χ1n) is 6.88. The van der Waals surface area contributed by atoms with E-state index >= 15 is 0 Å². The maximum Gasteiger partial charge on any atom is 0.123 e. The highest BCUT2D eigenvalue weighted by atomic mass is 16.5. The zero-order valence-corrected chi connectivity index (χ0v) is 12.6. The molecule has 2 aromatic rings. The van der Waals surface area contributed by atoms with Crippen LogP contribution in [-0.2, 0) is 6.42 Å². The minimum Gasteiger partial charge on any atom is -0.496 e. The summed E-state index contributed by atoms with van der Waals surface area (Å²) in [4.78, 5) is 4.49. The van der Waals surface area contributed by atoms with Crippen LogP contribution in [0.3, 0.4) is 0 Å². The molecule has 106 valence electrons. The summed E-state index contributed by atoms with van der Waals surface area (Å²) in [5, 5.41) is 3.38. The fraction of sp³-hybridized carbons (Fsp3) is 0.353. The van der Waals surface area contributed by atoms with Gasteiger partial charge in [0.2, 0.25) is 0 Å². The van der Waals surface area contributed by atoms with Crippen molar-refractivity contribution >= 4 is 0 Å². The van der Waals surface area contributed by atoms with Crippen molar-refractivity contribution in [1.29, 1.82) is 0 Å². The SMILES string of the molecule is CNC(Cc1ncccc1C)c1cc(C)ccc1OC. The summed E-state index contributed by atoms with van der Waals surface area (Å²) < 4.78 is 5.49. The highest BCUT2D eigenvalue weighted by molar-refractivity contribution is 5.40. The van der Waals surface area contributed by atoms with Crippen LogP contribution in [0.15, 0.2) is 36.5 Å².